The lowest BCUT2D eigenvalue weighted by Gasteiger charge is -2.24. The van der Waals surface area contributed by atoms with Crippen molar-refractivity contribution in [1.29, 1.82) is 0 Å². The normalized spacial score (nSPS) is 10.5. The second-order valence-electron chi connectivity index (χ2n) is 3.29. The van der Waals surface area contributed by atoms with Gasteiger partial charge >= 0.3 is 0 Å². The average Bonchev–Trinajstić information content (AvgIpc) is 2.13. The number of nitrogens with zero attached hydrogens (tertiary/aromatic N) is 1. The van der Waals surface area contributed by atoms with Gasteiger partial charge < -0.3 is 4.74 Å². The topological polar surface area (TPSA) is 55.8 Å². The van der Waals surface area contributed by atoms with Crippen molar-refractivity contribution in [2.24, 2.45) is 0 Å². The molecule has 0 fully saturated rings. The van der Waals surface area contributed by atoms with E-state index in [-0.39, 0.29) is 12.5 Å². The zero-order chi connectivity index (χ0) is 11.2. The summed E-state index contributed by atoms with van der Waals surface area (Å²) in [6.07, 6.45) is 1.13. The van der Waals surface area contributed by atoms with E-state index in [9.17, 15) is 9.59 Å². The second kappa shape index (κ2) is 5.39. The van der Waals surface area contributed by atoms with Crippen molar-refractivity contribution >= 4 is 12.4 Å². The van der Waals surface area contributed by atoms with Gasteiger partial charge in [0.1, 0.15) is 12.2 Å². The molecule has 1 amide bonds. The molecule has 14 heavy (non-hydrogen) atoms. The first-order valence-electron chi connectivity index (χ1n) is 4.07. The van der Waals surface area contributed by atoms with E-state index in [2.05, 4.69) is 6.58 Å². The molecule has 0 spiro atoms. The molecule has 0 rings (SSSR count). The van der Waals surface area contributed by atoms with Crippen molar-refractivity contribution < 1.29 is 19.2 Å². The Labute approximate surface area is 83.2 Å². The molecule has 0 radical (unpaired) electrons. The highest BCUT2D eigenvalue weighted by atomic mass is 16.7. The molecule has 0 aliphatic heterocycles. The molecule has 0 aromatic carbocycles. The van der Waals surface area contributed by atoms with Gasteiger partial charge in [-0.05, 0) is 19.9 Å². The Hall–Kier alpha value is -1.36. The molecule has 0 aromatic heterocycles. The number of amides is 1. The van der Waals surface area contributed by atoms with Gasteiger partial charge in [0.15, 0.2) is 0 Å². The lowest BCUT2D eigenvalue weighted by atomic mass is 10.2. The summed E-state index contributed by atoms with van der Waals surface area (Å²) < 4.78 is 4.72. The predicted molar refractivity (Wildman–Crippen MR) is 50.1 cm³/mol. The Kier molecular flexibility index (Phi) is 4.86. The van der Waals surface area contributed by atoms with Crippen LogP contribution < -0.4 is 0 Å². The summed E-state index contributed by atoms with van der Waals surface area (Å²) in [7, 11) is 1.46. The molecule has 0 bridgehead atoms. The van der Waals surface area contributed by atoms with E-state index in [0.29, 0.717) is 6.47 Å². The maximum atomic E-state index is 11.0. The molecule has 0 heterocycles. The molecule has 0 aromatic rings. The highest BCUT2D eigenvalue weighted by molar-refractivity contribution is 5.85. The van der Waals surface area contributed by atoms with Crippen LogP contribution in [0.5, 0.6) is 0 Å². The number of carbonyl (C=O) groups is 2. The molecule has 0 saturated heterocycles. The minimum absolute atomic E-state index is 0.0990. The number of hydrogen-bond donors (Lipinski definition) is 0. The van der Waals surface area contributed by atoms with E-state index < -0.39 is 5.60 Å². The lowest BCUT2D eigenvalue weighted by Crippen LogP contribution is -2.36. The van der Waals surface area contributed by atoms with Gasteiger partial charge in [0.25, 0.3) is 12.4 Å². The second-order valence-corrected chi connectivity index (χ2v) is 3.29. The van der Waals surface area contributed by atoms with Crippen LogP contribution in [0.4, 0.5) is 0 Å². The summed E-state index contributed by atoms with van der Waals surface area (Å²) in [5.41, 5.74) is -0.753. The van der Waals surface area contributed by atoms with E-state index in [1.165, 1.54) is 7.05 Å². The van der Waals surface area contributed by atoms with Crippen LogP contribution in [-0.2, 0) is 19.2 Å². The Morgan fingerprint density at radius 3 is 2.57 bits per heavy atom. The number of hydrogen-bond acceptors (Lipinski definition) is 4. The summed E-state index contributed by atoms with van der Waals surface area (Å²) in [6.45, 7) is 7.10. The van der Waals surface area contributed by atoms with Crippen molar-refractivity contribution in [3.8, 4) is 0 Å². The SMILES string of the molecule is C=CC(=O)N(C)OCC(C)(C)OC=O. The molecular formula is C9H15NO4. The maximum Gasteiger partial charge on any atom is 0.293 e. The van der Waals surface area contributed by atoms with Crippen LogP contribution in [-0.4, -0.2) is 36.7 Å². The predicted octanol–water partition coefficient (Wildman–Crippen LogP) is 0.514. The lowest BCUT2D eigenvalue weighted by molar-refractivity contribution is -0.194. The van der Waals surface area contributed by atoms with Crippen LogP contribution in [0, 0.1) is 0 Å². The minimum atomic E-state index is -0.753. The molecule has 5 heteroatoms. The molecule has 80 valence electrons. The average molecular weight is 201 g/mol. The molecule has 0 saturated carbocycles. The van der Waals surface area contributed by atoms with Crippen molar-refractivity contribution in [3.63, 3.8) is 0 Å². The van der Waals surface area contributed by atoms with Crippen LogP contribution in [0.15, 0.2) is 12.7 Å². The van der Waals surface area contributed by atoms with Gasteiger partial charge in [-0.25, -0.2) is 5.06 Å². The summed E-state index contributed by atoms with van der Waals surface area (Å²) in [6, 6.07) is 0. The fourth-order valence-corrected chi connectivity index (χ4v) is 0.609. The smallest absolute Gasteiger partial charge is 0.293 e. The number of hydroxylamine groups is 2. The highest BCUT2D eigenvalue weighted by Crippen LogP contribution is 2.08. The molecule has 5 nitrogen and oxygen atoms in total. The third kappa shape index (κ3) is 4.61. The van der Waals surface area contributed by atoms with E-state index in [0.717, 1.165) is 11.1 Å². The summed E-state index contributed by atoms with van der Waals surface area (Å²) in [4.78, 5) is 26.1. The van der Waals surface area contributed by atoms with E-state index in [1.807, 2.05) is 0 Å². The van der Waals surface area contributed by atoms with E-state index in [1.54, 1.807) is 13.8 Å². The van der Waals surface area contributed by atoms with Crippen LogP contribution >= 0.6 is 0 Å². The minimum Gasteiger partial charge on any atom is -0.459 e. The van der Waals surface area contributed by atoms with Gasteiger partial charge in [0, 0.05) is 7.05 Å². The zero-order valence-corrected chi connectivity index (χ0v) is 8.65. The number of likely N-dealkylation sites (N-methyl/N-ethyl adjacent to an activating group) is 1. The third-order valence-corrected chi connectivity index (χ3v) is 1.46. The number of rotatable bonds is 6. The first-order chi connectivity index (χ1) is 6.43. The fraction of sp³-hybridized carbons (Fsp3) is 0.556. The highest BCUT2D eigenvalue weighted by Gasteiger charge is 2.21. The summed E-state index contributed by atoms with van der Waals surface area (Å²) in [5, 5.41) is 1.03. The summed E-state index contributed by atoms with van der Waals surface area (Å²) >= 11 is 0. The van der Waals surface area contributed by atoms with Crippen molar-refractivity contribution in [3.05, 3.63) is 12.7 Å². The maximum absolute atomic E-state index is 11.0. The van der Waals surface area contributed by atoms with Crippen LogP contribution in [0.1, 0.15) is 13.8 Å². The van der Waals surface area contributed by atoms with Gasteiger partial charge in [-0.3, -0.25) is 14.4 Å². The first-order valence-corrected chi connectivity index (χ1v) is 4.07. The standard InChI is InChI=1S/C9H15NO4/c1-5-8(12)10(4)14-6-9(2,3)13-7-11/h5,7H,1,6H2,2-4H3. The van der Waals surface area contributed by atoms with E-state index in [4.69, 9.17) is 9.57 Å². The quantitative estimate of drug-likeness (QED) is 0.357. The van der Waals surface area contributed by atoms with Gasteiger partial charge in [0.2, 0.25) is 0 Å². The largest absolute Gasteiger partial charge is 0.459 e. The Balaban J connectivity index is 3.98. The van der Waals surface area contributed by atoms with Crippen LogP contribution in [0.2, 0.25) is 0 Å². The van der Waals surface area contributed by atoms with E-state index >= 15 is 0 Å². The van der Waals surface area contributed by atoms with Crippen molar-refractivity contribution in [2.45, 2.75) is 19.4 Å². The van der Waals surface area contributed by atoms with Gasteiger partial charge in [-0.2, -0.15) is 0 Å². The number of carbonyl (C=O) groups excluding carboxylic acids is 2. The zero-order valence-electron chi connectivity index (χ0n) is 8.65. The monoisotopic (exact) mass is 201 g/mol. The van der Waals surface area contributed by atoms with Crippen LogP contribution in [0.25, 0.3) is 0 Å². The molecule has 0 aliphatic rings. The molecule has 0 atom stereocenters. The van der Waals surface area contributed by atoms with Gasteiger partial charge in [-0.1, -0.05) is 6.58 Å². The fourth-order valence-electron chi connectivity index (χ4n) is 0.609. The van der Waals surface area contributed by atoms with Crippen molar-refractivity contribution in [1.82, 2.24) is 5.06 Å². The Morgan fingerprint density at radius 1 is 1.57 bits per heavy atom. The van der Waals surface area contributed by atoms with Crippen LogP contribution in [0.3, 0.4) is 0 Å². The third-order valence-electron chi connectivity index (χ3n) is 1.46. The Bertz CT molecular complexity index is 225. The first kappa shape index (κ1) is 12.6. The molecule has 0 N–H and O–H groups in total. The Morgan fingerprint density at radius 2 is 2.14 bits per heavy atom. The van der Waals surface area contributed by atoms with Gasteiger partial charge in [0.05, 0.1) is 0 Å². The summed E-state index contributed by atoms with van der Waals surface area (Å²) in [5.74, 6) is -0.355. The van der Waals surface area contributed by atoms with Gasteiger partial charge in [-0.15, -0.1) is 0 Å². The molecule has 0 aliphatic carbocycles. The molecular weight excluding hydrogens is 186 g/mol. The van der Waals surface area contributed by atoms with Crippen molar-refractivity contribution in [2.75, 3.05) is 13.7 Å². The molecule has 0 unspecified atom stereocenters. The number of ether oxygens (including phenoxy) is 1.